The fourth-order valence-corrected chi connectivity index (χ4v) is 3.98. The Morgan fingerprint density at radius 1 is 0.684 bits per heavy atom. The number of halogens is 5. The molecule has 0 bridgehead atoms. The second-order valence-corrected chi connectivity index (χ2v) is 6.55. The van der Waals surface area contributed by atoms with Crippen LogP contribution in [0.3, 0.4) is 0 Å². The van der Waals surface area contributed by atoms with Crippen LogP contribution in [0, 0.1) is 0 Å². The van der Waals surface area contributed by atoms with Gasteiger partial charge in [-0.3, -0.25) is 0 Å². The summed E-state index contributed by atoms with van der Waals surface area (Å²) in [7, 11) is 0. The molecule has 0 unspecified atom stereocenters. The maximum atomic E-state index is 6.16. The first-order valence-corrected chi connectivity index (χ1v) is 8.08. The fraction of sp³-hybridized carbons (Fsp3) is 0.0769. The third-order valence-electron chi connectivity index (χ3n) is 2.40. The van der Waals surface area contributed by atoms with Gasteiger partial charge in [-0.2, -0.15) is 0 Å². The van der Waals surface area contributed by atoms with E-state index in [0.29, 0.717) is 20.7 Å². The molecule has 6 heteroatoms. The highest BCUT2D eigenvalue weighted by Crippen LogP contribution is 2.48. The maximum absolute atomic E-state index is 6.16. The molecule has 0 aromatic heterocycles. The molecule has 0 heterocycles. The SMILES string of the molecule is Clc1c(Cl)c(Cl)c(SCc2ccccc2)c(Cl)c1Cl. The predicted molar refractivity (Wildman–Crippen MR) is 87.5 cm³/mol. The van der Waals surface area contributed by atoms with Crippen LogP contribution in [-0.2, 0) is 5.75 Å². The number of hydrogen-bond acceptors (Lipinski definition) is 1. The van der Waals surface area contributed by atoms with Crippen molar-refractivity contribution in [1.82, 2.24) is 0 Å². The summed E-state index contributed by atoms with van der Waals surface area (Å²) >= 11 is 31.8. The summed E-state index contributed by atoms with van der Waals surface area (Å²) in [4.78, 5) is 0.645. The molecule has 0 saturated heterocycles. The maximum Gasteiger partial charge on any atom is 0.0809 e. The van der Waals surface area contributed by atoms with Gasteiger partial charge in [0.2, 0.25) is 0 Å². The van der Waals surface area contributed by atoms with Crippen molar-refractivity contribution in [3.63, 3.8) is 0 Å². The van der Waals surface area contributed by atoms with E-state index < -0.39 is 0 Å². The summed E-state index contributed by atoms with van der Waals surface area (Å²) in [5.41, 5.74) is 1.15. The van der Waals surface area contributed by atoms with Crippen molar-refractivity contribution in [2.24, 2.45) is 0 Å². The lowest BCUT2D eigenvalue weighted by Crippen LogP contribution is -1.86. The Balaban J connectivity index is 2.31. The van der Waals surface area contributed by atoms with E-state index in [0.717, 1.165) is 5.56 Å². The van der Waals surface area contributed by atoms with Crippen molar-refractivity contribution in [1.29, 1.82) is 0 Å². The van der Waals surface area contributed by atoms with Crippen LogP contribution in [0.1, 0.15) is 5.56 Å². The summed E-state index contributed by atoms with van der Waals surface area (Å²) in [5, 5.41) is 1.31. The van der Waals surface area contributed by atoms with Gasteiger partial charge in [-0.15, -0.1) is 11.8 Å². The van der Waals surface area contributed by atoms with Crippen LogP contribution in [0.25, 0.3) is 0 Å². The standard InChI is InChI=1S/C13H7Cl5S/c14-8-9(15)11(17)13(12(18)10(8)16)19-6-7-4-2-1-3-5-7/h1-5H,6H2. The number of rotatable bonds is 3. The summed E-state index contributed by atoms with van der Waals surface area (Å²) in [6.07, 6.45) is 0. The number of benzene rings is 2. The van der Waals surface area contributed by atoms with Crippen molar-refractivity contribution in [2.75, 3.05) is 0 Å². The molecule has 0 radical (unpaired) electrons. The monoisotopic (exact) mass is 370 g/mol. The Kier molecular flexibility index (Phi) is 5.59. The molecule has 0 aliphatic heterocycles. The second kappa shape index (κ2) is 6.80. The molecular formula is C13H7Cl5S. The highest BCUT2D eigenvalue weighted by Gasteiger charge is 2.19. The molecule has 0 nitrogen and oxygen atoms in total. The van der Waals surface area contributed by atoms with E-state index in [1.165, 1.54) is 11.8 Å². The topological polar surface area (TPSA) is 0 Å². The van der Waals surface area contributed by atoms with Gasteiger partial charge in [-0.05, 0) is 5.56 Å². The Hall–Kier alpha value is 0.240. The molecule has 100 valence electrons. The second-order valence-electron chi connectivity index (χ2n) is 3.67. The van der Waals surface area contributed by atoms with Crippen LogP contribution < -0.4 is 0 Å². The zero-order valence-corrected chi connectivity index (χ0v) is 14.0. The van der Waals surface area contributed by atoms with E-state index in [-0.39, 0.29) is 15.1 Å². The Labute approximate surface area is 140 Å². The van der Waals surface area contributed by atoms with Crippen molar-refractivity contribution in [2.45, 2.75) is 10.6 Å². The lowest BCUT2D eigenvalue weighted by molar-refractivity contribution is 1.38. The van der Waals surface area contributed by atoms with Gasteiger partial charge in [0.05, 0.1) is 25.1 Å². The smallest absolute Gasteiger partial charge is 0.0809 e. The van der Waals surface area contributed by atoms with E-state index in [4.69, 9.17) is 58.0 Å². The Bertz CT molecular complexity index is 569. The summed E-state index contributed by atoms with van der Waals surface area (Å²) in [6.45, 7) is 0. The summed E-state index contributed by atoms with van der Waals surface area (Å²) < 4.78 is 0. The molecule has 2 aromatic carbocycles. The van der Waals surface area contributed by atoms with Crippen molar-refractivity contribution in [3.05, 3.63) is 61.0 Å². The van der Waals surface area contributed by atoms with Crippen molar-refractivity contribution < 1.29 is 0 Å². The van der Waals surface area contributed by atoms with Gasteiger partial charge in [0.25, 0.3) is 0 Å². The van der Waals surface area contributed by atoms with E-state index in [2.05, 4.69) is 0 Å². The largest absolute Gasteiger partial charge is 0.118 e. The molecule has 0 fully saturated rings. The molecule has 2 rings (SSSR count). The lowest BCUT2D eigenvalue weighted by atomic mass is 10.2. The van der Waals surface area contributed by atoms with Gasteiger partial charge in [0.15, 0.2) is 0 Å². The lowest BCUT2D eigenvalue weighted by Gasteiger charge is -2.11. The zero-order chi connectivity index (χ0) is 14.0. The van der Waals surface area contributed by atoms with Crippen molar-refractivity contribution >= 4 is 69.8 Å². The Morgan fingerprint density at radius 3 is 1.68 bits per heavy atom. The molecule has 0 N–H and O–H groups in total. The molecule has 0 amide bonds. The fourth-order valence-electron chi connectivity index (χ4n) is 1.44. The minimum Gasteiger partial charge on any atom is -0.118 e. The van der Waals surface area contributed by atoms with Gasteiger partial charge < -0.3 is 0 Å². The summed E-state index contributed by atoms with van der Waals surface area (Å²) in [5.74, 6) is 0.717. The highest BCUT2D eigenvalue weighted by molar-refractivity contribution is 7.98. The summed E-state index contributed by atoms with van der Waals surface area (Å²) in [6, 6.07) is 9.95. The van der Waals surface area contributed by atoms with Crippen LogP contribution >= 0.6 is 69.8 Å². The molecule has 19 heavy (non-hydrogen) atoms. The van der Waals surface area contributed by atoms with Crippen molar-refractivity contribution in [3.8, 4) is 0 Å². The Morgan fingerprint density at radius 2 is 1.16 bits per heavy atom. The average Bonchev–Trinajstić information content (AvgIpc) is 2.44. The van der Waals surface area contributed by atoms with Crippen LogP contribution in [0.5, 0.6) is 0 Å². The predicted octanol–water partition coefficient (Wildman–Crippen LogP) is 7.25. The third kappa shape index (κ3) is 3.47. The minimum atomic E-state index is 0.183. The van der Waals surface area contributed by atoms with Gasteiger partial charge in [-0.25, -0.2) is 0 Å². The zero-order valence-electron chi connectivity index (χ0n) is 9.39. The van der Waals surface area contributed by atoms with E-state index in [9.17, 15) is 0 Å². The van der Waals surface area contributed by atoms with Gasteiger partial charge in [0.1, 0.15) is 0 Å². The van der Waals surface area contributed by atoms with E-state index in [1.54, 1.807) is 0 Å². The molecule has 0 saturated carbocycles. The van der Waals surface area contributed by atoms with Crippen LogP contribution in [0.4, 0.5) is 0 Å². The quantitative estimate of drug-likeness (QED) is 0.311. The van der Waals surface area contributed by atoms with E-state index in [1.807, 2.05) is 30.3 Å². The first-order chi connectivity index (χ1) is 9.02. The van der Waals surface area contributed by atoms with Crippen LogP contribution in [0.15, 0.2) is 35.2 Å². The highest BCUT2D eigenvalue weighted by atomic mass is 35.5. The molecule has 0 aliphatic rings. The molecule has 0 atom stereocenters. The van der Waals surface area contributed by atoms with Crippen LogP contribution in [0.2, 0.25) is 25.1 Å². The molecule has 2 aromatic rings. The third-order valence-corrected chi connectivity index (χ3v) is 6.07. The van der Waals surface area contributed by atoms with Gasteiger partial charge in [-0.1, -0.05) is 88.3 Å². The van der Waals surface area contributed by atoms with E-state index >= 15 is 0 Å². The molecular weight excluding hydrogens is 365 g/mol. The molecule has 0 aliphatic carbocycles. The van der Waals surface area contributed by atoms with Gasteiger partial charge in [0, 0.05) is 10.6 Å². The van der Waals surface area contributed by atoms with Crippen LogP contribution in [-0.4, -0.2) is 0 Å². The minimum absolute atomic E-state index is 0.183. The van der Waals surface area contributed by atoms with Gasteiger partial charge >= 0.3 is 0 Å². The average molecular weight is 373 g/mol. The molecule has 0 spiro atoms. The number of thioether (sulfide) groups is 1. The first-order valence-electron chi connectivity index (χ1n) is 5.20. The number of hydrogen-bond donors (Lipinski definition) is 0. The first kappa shape index (κ1) is 15.6. The normalized spacial score (nSPS) is 10.8.